The van der Waals surface area contributed by atoms with Crippen molar-refractivity contribution >= 4 is 39.6 Å². The first kappa shape index (κ1) is 18.6. The van der Waals surface area contributed by atoms with E-state index >= 15 is 0 Å². The number of nitrogens with two attached hydrogens (primary N) is 2. The lowest BCUT2D eigenvalue weighted by molar-refractivity contribution is 0.0999. The molecule has 0 radical (unpaired) electrons. The number of nitrogen functional groups attached to an aromatic ring is 1. The Balaban J connectivity index is 1.88. The molecule has 0 atom stereocenters. The Kier molecular flexibility index (Phi) is 4.54. The van der Waals surface area contributed by atoms with Crippen LogP contribution < -0.4 is 11.5 Å². The average Bonchev–Trinajstić information content (AvgIpc) is 3.15. The molecule has 2 heterocycles. The number of aromatic nitrogens is 3. The van der Waals surface area contributed by atoms with Gasteiger partial charge in [0.1, 0.15) is 5.69 Å². The van der Waals surface area contributed by atoms with Crippen LogP contribution >= 0.6 is 0 Å². The summed E-state index contributed by atoms with van der Waals surface area (Å²) in [5.74, 6) is -0.698. The fourth-order valence-corrected chi connectivity index (χ4v) is 2.97. The topological polar surface area (TPSA) is 149 Å². The number of phenols is 1. The fourth-order valence-electron chi connectivity index (χ4n) is 2.97. The van der Waals surface area contributed by atoms with Gasteiger partial charge in [-0.1, -0.05) is 12.1 Å². The molecule has 4 aromatic rings. The number of anilines is 1. The molecule has 4 rings (SSSR count). The lowest BCUT2D eigenvalue weighted by Crippen LogP contribution is -2.12. The van der Waals surface area contributed by atoms with Crippen molar-refractivity contribution < 1.29 is 9.90 Å². The third kappa shape index (κ3) is 3.16. The van der Waals surface area contributed by atoms with E-state index in [1.54, 1.807) is 48.7 Å². The average molecular weight is 398 g/mol. The predicted octanol–water partition coefficient (Wildman–Crippen LogP) is 3.77. The van der Waals surface area contributed by atoms with E-state index in [-0.39, 0.29) is 22.8 Å². The van der Waals surface area contributed by atoms with Gasteiger partial charge in [0.15, 0.2) is 17.4 Å². The zero-order valence-corrected chi connectivity index (χ0v) is 15.4. The van der Waals surface area contributed by atoms with Crippen molar-refractivity contribution in [3.05, 3.63) is 71.8 Å². The summed E-state index contributed by atoms with van der Waals surface area (Å²) in [6, 6.07) is 11.6. The Morgan fingerprint density at radius 2 is 2.03 bits per heavy atom. The van der Waals surface area contributed by atoms with Crippen molar-refractivity contribution in [2.24, 2.45) is 16.0 Å². The largest absolute Gasteiger partial charge is 0.505 e. The van der Waals surface area contributed by atoms with Crippen molar-refractivity contribution in [1.82, 2.24) is 14.8 Å². The van der Waals surface area contributed by atoms with Crippen LogP contribution in [0.3, 0.4) is 0 Å². The Bertz CT molecular complexity index is 1350. The number of benzene rings is 2. The first-order chi connectivity index (χ1) is 14.5. The van der Waals surface area contributed by atoms with Crippen LogP contribution in [0.1, 0.15) is 10.4 Å². The number of carbonyl (C=O) groups is 1. The van der Waals surface area contributed by atoms with Crippen LogP contribution in [0.25, 0.3) is 21.4 Å². The summed E-state index contributed by atoms with van der Waals surface area (Å²) in [6.07, 6.45) is 2.92. The number of amides is 1. The number of hydrogen-bond donors (Lipinski definition) is 3. The molecule has 146 valence electrons. The summed E-state index contributed by atoms with van der Waals surface area (Å²) < 4.78 is 1.35. The number of fused-ring (bicyclic) bond motifs is 1. The highest BCUT2D eigenvalue weighted by Gasteiger charge is 2.18. The molecule has 5 N–H and O–H groups in total. The van der Waals surface area contributed by atoms with Crippen LogP contribution in [0.2, 0.25) is 0 Å². The Hall–Kier alpha value is -4.78. The Morgan fingerprint density at radius 3 is 2.73 bits per heavy atom. The monoisotopic (exact) mass is 398 g/mol. The third-order valence-corrected chi connectivity index (χ3v) is 4.33. The van der Waals surface area contributed by atoms with Gasteiger partial charge in [0.2, 0.25) is 0 Å². The smallest absolute Gasteiger partial charge is 0.253 e. The normalized spacial score (nSPS) is 11.0. The zero-order chi connectivity index (χ0) is 21.3. The number of hydrogen-bond acceptors (Lipinski definition) is 7. The van der Waals surface area contributed by atoms with Gasteiger partial charge in [0.25, 0.3) is 11.6 Å². The molecule has 10 nitrogen and oxygen atoms in total. The van der Waals surface area contributed by atoms with Gasteiger partial charge in [-0.3, -0.25) is 4.79 Å². The second-order valence-corrected chi connectivity index (χ2v) is 6.23. The number of nitrogens with zero attached hydrogens (tertiary/aromatic N) is 6. The van der Waals surface area contributed by atoms with E-state index in [2.05, 4.69) is 25.2 Å². The Morgan fingerprint density at radius 1 is 1.20 bits per heavy atom. The molecule has 0 saturated heterocycles. The molecule has 10 heteroatoms. The van der Waals surface area contributed by atoms with Gasteiger partial charge in [0, 0.05) is 17.3 Å². The zero-order valence-electron chi connectivity index (χ0n) is 15.4. The quantitative estimate of drug-likeness (QED) is 0.272. The highest BCUT2D eigenvalue weighted by Crippen LogP contribution is 2.39. The minimum atomic E-state index is -0.833. The number of azo groups is 1. The molecule has 0 spiro atoms. The predicted molar refractivity (Wildman–Crippen MR) is 110 cm³/mol. The first-order valence-corrected chi connectivity index (χ1v) is 8.63. The summed E-state index contributed by atoms with van der Waals surface area (Å²) in [5.41, 5.74) is 11.7. The van der Waals surface area contributed by atoms with Crippen molar-refractivity contribution in [2.45, 2.75) is 0 Å². The van der Waals surface area contributed by atoms with Crippen molar-refractivity contribution in [1.29, 1.82) is 0 Å². The van der Waals surface area contributed by atoms with Crippen molar-refractivity contribution in [3.8, 4) is 11.6 Å². The van der Waals surface area contributed by atoms with Crippen molar-refractivity contribution in [3.63, 3.8) is 0 Å². The second-order valence-electron chi connectivity index (χ2n) is 6.23. The van der Waals surface area contributed by atoms with E-state index in [0.29, 0.717) is 22.3 Å². The van der Waals surface area contributed by atoms with Crippen molar-refractivity contribution in [2.75, 3.05) is 5.73 Å². The van der Waals surface area contributed by atoms with E-state index in [0.717, 1.165) is 0 Å². The first-order valence-electron chi connectivity index (χ1n) is 8.63. The molecule has 2 aromatic carbocycles. The van der Waals surface area contributed by atoms with Gasteiger partial charge < -0.3 is 16.6 Å². The molecule has 0 aliphatic carbocycles. The van der Waals surface area contributed by atoms with Crippen LogP contribution in [0.15, 0.2) is 65.1 Å². The van der Waals surface area contributed by atoms with Gasteiger partial charge >= 0.3 is 0 Å². The maximum absolute atomic E-state index is 12.0. The van der Waals surface area contributed by atoms with E-state index < -0.39 is 11.7 Å². The Labute approximate surface area is 169 Å². The lowest BCUT2D eigenvalue weighted by Gasteiger charge is -2.09. The third-order valence-electron chi connectivity index (χ3n) is 4.33. The molecule has 0 fully saturated rings. The molecule has 30 heavy (non-hydrogen) atoms. The van der Waals surface area contributed by atoms with Crippen LogP contribution in [0.5, 0.6) is 5.75 Å². The maximum Gasteiger partial charge on any atom is 0.253 e. The molecule has 0 bridgehead atoms. The molecular formula is C20H14N8O2. The molecule has 0 aliphatic heterocycles. The van der Waals surface area contributed by atoms with Crippen LogP contribution in [0.4, 0.5) is 22.9 Å². The molecule has 2 aromatic heterocycles. The molecule has 0 aliphatic rings. The maximum atomic E-state index is 12.0. The standard InChI is InChI=1S/C20H14N8O2/c1-23-15-10-25-28(16-4-2-3-7-24-16)20(15)27-26-14-8-11-5-6-12(21)9-13(11)17(18(14)29)19(22)30/h2-10,29H,21H2,(H2,22,30). The lowest BCUT2D eigenvalue weighted by atomic mass is 10.0. The van der Waals surface area contributed by atoms with Gasteiger partial charge in [-0.25, -0.2) is 14.5 Å². The van der Waals surface area contributed by atoms with Crippen LogP contribution in [-0.2, 0) is 0 Å². The number of rotatable bonds is 4. The van der Waals surface area contributed by atoms with Crippen LogP contribution in [0, 0.1) is 6.57 Å². The number of primary amides is 1. The van der Waals surface area contributed by atoms with Gasteiger partial charge in [-0.2, -0.15) is 5.10 Å². The van der Waals surface area contributed by atoms with E-state index in [1.807, 2.05) is 0 Å². The SMILES string of the molecule is [C-]#[N+]c1cnn(-c2ccccn2)c1N=Nc1cc2ccc(N)cc2c(C(N)=O)c1O. The minimum Gasteiger partial charge on any atom is -0.505 e. The molecule has 0 saturated carbocycles. The summed E-state index contributed by atoms with van der Waals surface area (Å²) in [5, 5.41) is 23.9. The fraction of sp³-hybridized carbons (Fsp3) is 0. The van der Waals surface area contributed by atoms with Gasteiger partial charge in [0.05, 0.1) is 18.3 Å². The summed E-state index contributed by atoms with van der Waals surface area (Å²) in [7, 11) is 0. The van der Waals surface area contributed by atoms with E-state index in [4.69, 9.17) is 18.0 Å². The summed E-state index contributed by atoms with van der Waals surface area (Å²) in [6.45, 7) is 7.33. The highest BCUT2D eigenvalue weighted by molar-refractivity contribution is 6.11. The van der Waals surface area contributed by atoms with Crippen LogP contribution in [-0.4, -0.2) is 25.8 Å². The highest BCUT2D eigenvalue weighted by atomic mass is 16.3. The minimum absolute atomic E-state index is 0.00535. The summed E-state index contributed by atoms with van der Waals surface area (Å²) in [4.78, 5) is 19.5. The van der Waals surface area contributed by atoms with Gasteiger partial charge in [-0.15, -0.1) is 10.2 Å². The van der Waals surface area contributed by atoms with Gasteiger partial charge in [-0.05, 0) is 35.7 Å². The number of carbonyl (C=O) groups excluding carboxylic acids is 1. The van der Waals surface area contributed by atoms with E-state index in [1.165, 1.54) is 10.9 Å². The molecular weight excluding hydrogens is 384 g/mol. The van der Waals surface area contributed by atoms with E-state index in [9.17, 15) is 9.90 Å². The molecule has 0 unspecified atom stereocenters. The number of aromatic hydroxyl groups is 1. The second kappa shape index (κ2) is 7.33. The number of pyridine rings is 1. The summed E-state index contributed by atoms with van der Waals surface area (Å²) >= 11 is 0. The molecule has 1 amide bonds.